The fourth-order valence-electron chi connectivity index (χ4n) is 3.66. The van der Waals surface area contributed by atoms with Crippen molar-refractivity contribution < 1.29 is 4.79 Å². The Morgan fingerprint density at radius 1 is 1.30 bits per heavy atom. The lowest BCUT2D eigenvalue weighted by atomic mass is 9.98. The van der Waals surface area contributed by atoms with Gasteiger partial charge in [-0.2, -0.15) is 0 Å². The molecule has 3 rings (SSSR count). The normalized spacial score (nSPS) is 30.3. The maximum absolute atomic E-state index is 12.8. The molecular weight excluding hydrogens is 268 g/mol. The van der Waals surface area contributed by atoms with E-state index in [1.165, 1.54) is 6.42 Å². The maximum atomic E-state index is 12.8. The van der Waals surface area contributed by atoms with Crippen molar-refractivity contribution in [2.45, 2.75) is 24.1 Å². The van der Waals surface area contributed by atoms with Crippen molar-refractivity contribution in [1.82, 2.24) is 4.90 Å². The molecule has 2 fully saturated rings. The van der Waals surface area contributed by atoms with Crippen molar-refractivity contribution >= 4 is 17.7 Å². The molecular formula is C16H22N2OS. The van der Waals surface area contributed by atoms with E-state index in [4.69, 9.17) is 5.73 Å². The third-order valence-electron chi connectivity index (χ3n) is 4.79. The topological polar surface area (TPSA) is 46.3 Å². The highest BCUT2D eigenvalue weighted by Crippen LogP contribution is 2.39. The number of likely N-dealkylation sites (tertiary alicyclic amines) is 1. The number of thioether (sulfide) groups is 1. The molecule has 0 spiro atoms. The van der Waals surface area contributed by atoms with Gasteiger partial charge in [-0.1, -0.05) is 30.3 Å². The van der Waals surface area contributed by atoms with Crippen molar-refractivity contribution in [3.8, 4) is 0 Å². The van der Waals surface area contributed by atoms with E-state index in [0.717, 1.165) is 25.1 Å². The standard InChI is InChI=1S/C16H22N2OS/c1-20-15(11-5-3-2-4-6-11)16(19)18-9-12-7-8-14(17)13(12)10-18/h2-6,12-15H,7-10,17H2,1H3. The predicted octanol–water partition coefficient (Wildman–Crippen LogP) is 2.29. The highest BCUT2D eigenvalue weighted by Gasteiger charge is 2.43. The molecule has 1 saturated carbocycles. The van der Waals surface area contributed by atoms with Gasteiger partial charge in [-0.3, -0.25) is 4.79 Å². The Kier molecular flexibility index (Phi) is 4.03. The molecule has 4 unspecified atom stereocenters. The molecule has 2 N–H and O–H groups in total. The first-order valence-corrected chi connectivity index (χ1v) is 8.61. The van der Waals surface area contributed by atoms with Gasteiger partial charge in [0, 0.05) is 19.1 Å². The lowest BCUT2D eigenvalue weighted by molar-refractivity contribution is -0.130. The summed E-state index contributed by atoms with van der Waals surface area (Å²) in [6, 6.07) is 10.4. The van der Waals surface area contributed by atoms with Gasteiger partial charge in [0.25, 0.3) is 0 Å². The number of rotatable bonds is 3. The van der Waals surface area contributed by atoms with E-state index in [1.54, 1.807) is 11.8 Å². The predicted molar refractivity (Wildman–Crippen MR) is 83.5 cm³/mol. The number of carbonyl (C=O) groups excluding carboxylic acids is 1. The average Bonchev–Trinajstić information content (AvgIpc) is 3.03. The van der Waals surface area contributed by atoms with Crippen LogP contribution in [0.5, 0.6) is 0 Å². The molecule has 108 valence electrons. The number of nitrogens with two attached hydrogens (primary N) is 1. The molecule has 1 aromatic rings. The van der Waals surface area contributed by atoms with Gasteiger partial charge in [-0.15, -0.1) is 11.8 Å². The van der Waals surface area contributed by atoms with E-state index >= 15 is 0 Å². The SMILES string of the molecule is CSC(C(=O)N1CC2CCC(N)C2C1)c1ccccc1. The fourth-order valence-corrected chi connectivity index (χ4v) is 4.44. The van der Waals surface area contributed by atoms with Crippen LogP contribution in [0.15, 0.2) is 30.3 Å². The van der Waals surface area contributed by atoms with E-state index in [1.807, 2.05) is 41.5 Å². The van der Waals surface area contributed by atoms with Crippen molar-refractivity contribution in [1.29, 1.82) is 0 Å². The minimum absolute atomic E-state index is 0.0775. The smallest absolute Gasteiger partial charge is 0.240 e. The zero-order chi connectivity index (χ0) is 14.1. The zero-order valence-corrected chi connectivity index (χ0v) is 12.7. The maximum Gasteiger partial charge on any atom is 0.240 e. The van der Waals surface area contributed by atoms with Gasteiger partial charge in [0.2, 0.25) is 5.91 Å². The van der Waals surface area contributed by atoms with Gasteiger partial charge >= 0.3 is 0 Å². The number of amides is 1. The van der Waals surface area contributed by atoms with Crippen LogP contribution in [-0.2, 0) is 4.79 Å². The van der Waals surface area contributed by atoms with Crippen LogP contribution in [0.1, 0.15) is 23.7 Å². The largest absolute Gasteiger partial charge is 0.341 e. The molecule has 3 nitrogen and oxygen atoms in total. The van der Waals surface area contributed by atoms with Crippen LogP contribution in [0.3, 0.4) is 0 Å². The van der Waals surface area contributed by atoms with Crippen LogP contribution in [0.2, 0.25) is 0 Å². The molecule has 20 heavy (non-hydrogen) atoms. The summed E-state index contributed by atoms with van der Waals surface area (Å²) in [5.41, 5.74) is 7.26. The highest BCUT2D eigenvalue weighted by atomic mass is 32.2. The number of hydrogen-bond acceptors (Lipinski definition) is 3. The van der Waals surface area contributed by atoms with Gasteiger partial charge < -0.3 is 10.6 Å². The summed E-state index contributed by atoms with van der Waals surface area (Å²) in [7, 11) is 0. The second-order valence-corrected chi connectivity index (χ2v) is 6.88. The Hall–Kier alpha value is -1.00. The number of fused-ring (bicyclic) bond motifs is 1. The summed E-state index contributed by atoms with van der Waals surface area (Å²) in [6.45, 7) is 1.76. The Labute approximate surface area is 124 Å². The van der Waals surface area contributed by atoms with Crippen LogP contribution < -0.4 is 5.73 Å². The Bertz CT molecular complexity index is 479. The lowest BCUT2D eigenvalue weighted by Gasteiger charge is -2.24. The van der Waals surface area contributed by atoms with E-state index in [2.05, 4.69) is 0 Å². The number of nitrogens with zero attached hydrogens (tertiary/aromatic N) is 1. The van der Waals surface area contributed by atoms with E-state index in [-0.39, 0.29) is 11.2 Å². The first-order valence-electron chi connectivity index (χ1n) is 7.33. The quantitative estimate of drug-likeness (QED) is 0.929. The Balaban J connectivity index is 1.72. The van der Waals surface area contributed by atoms with Crippen LogP contribution >= 0.6 is 11.8 Å². The third kappa shape index (κ3) is 2.47. The van der Waals surface area contributed by atoms with Crippen molar-refractivity contribution in [3.63, 3.8) is 0 Å². The second kappa shape index (κ2) is 5.78. The van der Waals surface area contributed by atoms with Crippen LogP contribution in [0, 0.1) is 11.8 Å². The summed E-state index contributed by atoms with van der Waals surface area (Å²) in [4.78, 5) is 14.8. The minimum Gasteiger partial charge on any atom is -0.341 e. The lowest BCUT2D eigenvalue weighted by Crippen LogP contribution is -2.35. The molecule has 1 saturated heterocycles. The van der Waals surface area contributed by atoms with Gasteiger partial charge in [0.15, 0.2) is 0 Å². The van der Waals surface area contributed by atoms with E-state index < -0.39 is 0 Å². The minimum atomic E-state index is -0.0775. The monoisotopic (exact) mass is 290 g/mol. The van der Waals surface area contributed by atoms with Crippen molar-refractivity contribution in [3.05, 3.63) is 35.9 Å². The van der Waals surface area contributed by atoms with E-state index in [0.29, 0.717) is 17.9 Å². The van der Waals surface area contributed by atoms with Crippen molar-refractivity contribution in [2.24, 2.45) is 17.6 Å². The van der Waals surface area contributed by atoms with Gasteiger partial charge in [0.05, 0.1) is 0 Å². The summed E-state index contributed by atoms with van der Waals surface area (Å²) < 4.78 is 0. The van der Waals surface area contributed by atoms with E-state index in [9.17, 15) is 4.79 Å². The molecule has 0 radical (unpaired) electrons. The molecule has 0 aromatic heterocycles. The molecule has 4 heteroatoms. The first-order chi connectivity index (χ1) is 9.70. The summed E-state index contributed by atoms with van der Waals surface area (Å²) in [5.74, 6) is 1.41. The van der Waals surface area contributed by atoms with Crippen LogP contribution in [0.4, 0.5) is 0 Å². The zero-order valence-electron chi connectivity index (χ0n) is 11.9. The number of carbonyl (C=O) groups is 1. The van der Waals surface area contributed by atoms with Crippen LogP contribution in [0.25, 0.3) is 0 Å². The average molecular weight is 290 g/mol. The summed E-state index contributed by atoms with van der Waals surface area (Å²) in [6.07, 6.45) is 4.32. The highest BCUT2D eigenvalue weighted by molar-refractivity contribution is 7.99. The third-order valence-corrected chi connectivity index (χ3v) is 5.73. The molecule has 4 atom stereocenters. The molecule has 1 heterocycles. The number of hydrogen-bond donors (Lipinski definition) is 1. The van der Waals surface area contributed by atoms with Gasteiger partial charge in [0.1, 0.15) is 5.25 Å². The Morgan fingerprint density at radius 3 is 2.70 bits per heavy atom. The molecule has 1 aliphatic carbocycles. The second-order valence-electron chi connectivity index (χ2n) is 5.93. The molecule has 1 aromatic carbocycles. The molecule has 1 amide bonds. The summed E-state index contributed by atoms with van der Waals surface area (Å²) >= 11 is 1.62. The van der Waals surface area contributed by atoms with Crippen LogP contribution in [-0.4, -0.2) is 36.2 Å². The molecule has 1 aliphatic heterocycles. The van der Waals surface area contributed by atoms with Gasteiger partial charge in [-0.05, 0) is 36.5 Å². The Morgan fingerprint density at radius 2 is 2.05 bits per heavy atom. The molecule has 2 aliphatic rings. The molecule has 0 bridgehead atoms. The fraction of sp³-hybridized carbons (Fsp3) is 0.562. The van der Waals surface area contributed by atoms with Gasteiger partial charge in [-0.25, -0.2) is 0 Å². The number of benzene rings is 1. The van der Waals surface area contributed by atoms with Crippen molar-refractivity contribution in [2.75, 3.05) is 19.3 Å². The summed E-state index contributed by atoms with van der Waals surface area (Å²) in [5, 5.41) is -0.0775. The first kappa shape index (κ1) is 14.0.